The normalized spacial score (nSPS) is 18.8. The predicted octanol–water partition coefficient (Wildman–Crippen LogP) is 0.836. The summed E-state index contributed by atoms with van der Waals surface area (Å²) >= 11 is 0. The summed E-state index contributed by atoms with van der Waals surface area (Å²) in [6.45, 7) is 8.16. The minimum absolute atomic E-state index is 1.14. The van der Waals surface area contributed by atoms with Crippen LogP contribution in [0.4, 0.5) is 0 Å². The monoisotopic (exact) mass is 83.1 g/mol. The molecule has 6 heavy (non-hydrogen) atoms. The summed E-state index contributed by atoms with van der Waals surface area (Å²) in [6, 6.07) is 0. The molecule has 0 spiro atoms. The highest BCUT2D eigenvalue weighted by Crippen LogP contribution is 2.16. The van der Waals surface area contributed by atoms with Crippen LogP contribution >= 0.6 is 0 Å². The van der Waals surface area contributed by atoms with Crippen molar-refractivity contribution in [2.45, 2.75) is 6.92 Å². The molecule has 1 fully saturated rings. The summed E-state index contributed by atoms with van der Waals surface area (Å²) < 4.78 is 0. The fourth-order valence-corrected chi connectivity index (χ4v) is 0.520. The fraction of sp³-hybridized carbons (Fsp3) is 0.600. The van der Waals surface area contributed by atoms with Gasteiger partial charge in [-0.05, 0) is 6.92 Å². The summed E-state index contributed by atoms with van der Waals surface area (Å²) in [6.07, 6.45) is 0. The van der Waals surface area contributed by atoms with Crippen molar-refractivity contribution >= 4 is 0 Å². The van der Waals surface area contributed by atoms with Crippen LogP contribution in [0.3, 0.4) is 0 Å². The Morgan fingerprint density at radius 3 is 2.50 bits per heavy atom. The van der Waals surface area contributed by atoms with E-state index in [2.05, 4.69) is 18.4 Å². The van der Waals surface area contributed by atoms with Crippen LogP contribution < -0.4 is 0 Å². The first kappa shape index (κ1) is 3.72. The van der Waals surface area contributed by atoms with Crippen LogP contribution in [-0.2, 0) is 0 Å². The standard InChI is InChI=1S/C5H9N/c1-3-6-4-5(6)2/h2-4H2,1H3. The molecule has 1 saturated heterocycles. The topological polar surface area (TPSA) is 3.01 Å². The summed E-state index contributed by atoms with van der Waals surface area (Å²) in [5.74, 6) is 0. The van der Waals surface area contributed by atoms with Crippen molar-refractivity contribution in [2.24, 2.45) is 0 Å². The van der Waals surface area contributed by atoms with Crippen molar-refractivity contribution in [3.05, 3.63) is 12.3 Å². The quantitative estimate of drug-likeness (QED) is 0.424. The molecule has 0 aromatic carbocycles. The van der Waals surface area contributed by atoms with E-state index >= 15 is 0 Å². The molecule has 0 radical (unpaired) electrons. The molecule has 34 valence electrons. The molecule has 0 unspecified atom stereocenters. The molecule has 1 aliphatic rings. The van der Waals surface area contributed by atoms with Crippen molar-refractivity contribution in [2.75, 3.05) is 13.1 Å². The maximum Gasteiger partial charge on any atom is 0.0570 e. The lowest BCUT2D eigenvalue weighted by Gasteiger charge is -1.86. The third-order valence-electron chi connectivity index (χ3n) is 1.10. The Morgan fingerprint density at radius 2 is 2.50 bits per heavy atom. The summed E-state index contributed by atoms with van der Waals surface area (Å²) in [5.41, 5.74) is 1.29. The molecule has 0 bridgehead atoms. The highest BCUT2D eigenvalue weighted by Gasteiger charge is 2.18. The molecule has 0 N–H and O–H groups in total. The zero-order valence-electron chi connectivity index (χ0n) is 4.07. The smallest absolute Gasteiger partial charge is 0.0570 e. The average Bonchev–Trinajstić information content (AvgIpc) is 2.19. The zero-order chi connectivity index (χ0) is 4.57. The van der Waals surface area contributed by atoms with Gasteiger partial charge in [0.05, 0.1) is 6.54 Å². The second kappa shape index (κ2) is 1.00. The van der Waals surface area contributed by atoms with E-state index in [1.54, 1.807) is 0 Å². The lowest BCUT2D eigenvalue weighted by molar-refractivity contribution is 0.621. The Bertz CT molecular complexity index is 76.0. The van der Waals surface area contributed by atoms with Crippen LogP contribution in [0.5, 0.6) is 0 Å². The fourth-order valence-electron chi connectivity index (χ4n) is 0.520. The van der Waals surface area contributed by atoms with E-state index in [1.165, 1.54) is 5.70 Å². The van der Waals surface area contributed by atoms with E-state index in [0.29, 0.717) is 0 Å². The Balaban J connectivity index is 2.26. The largest absolute Gasteiger partial charge is 0.368 e. The Kier molecular flexibility index (Phi) is 0.621. The van der Waals surface area contributed by atoms with E-state index in [1.807, 2.05) is 0 Å². The van der Waals surface area contributed by atoms with Crippen LogP contribution in [0, 0.1) is 0 Å². The van der Waals surface area contributed by atoms with Crippen molar-refractivity contribution < 1.29 is 0 Å². The number of nitrogens with zero attached hydrogens (tertiary/aromatic N) is 1. The Morgan fingerprint density at radius 1 is 2.00 bits per heavy atom. The molecule has 0 aromatic rings. The van der Waals surface area contributed by atoms with Gasteiger partial charge in [-0.3, -0.25) is 0 Å². The van der Waals surface area contributed by atoms with Gasteiger partial charge in [-0.15, -0.1) is 0 Å². The number of likely N-dealkylation sites (N-methyl/N-ethyl adjacent to an activating group) is 1. The first-order valence-electron chi connectivity index (χ1n) is 2.27. The van der Waals surface area contributed by atoms with E-state index in [0.717, 1.165) is 13.1 Å². The third kappa shape index (κ3) is 0.402. The van der Waals surface area contributed by atoms with Gasteiger partial charge in [0.15, 0.2) is 0 Å². The predicted molar refractivity (Wildman–Crippen MR) is 26.4 cm³/mol. The Labute approximate surface area is 38.3 Å². The van der Waals surface area contributed by atoms with Gasteiger partial charge in [0.25, 0.3) is 0 Å². The lowest BCUT2D eigenvalue weighted by atomic mass is 10.7. The van der Waals surface area contributed by atoms with Crippen molar-refractivity contribution in [1.29, 1.82) is 0 Å². The lowest BCUT2D eigenvalue weighted by Crippen LogP contribution is -1.89. The second-order valence-corrected chi connectivity index (χ2v) is 1.58. The average molecular weight is 83.1 g/mol. The van der Waals surface area contributed by atoms with Crippen molar-refractivity contribution in [1.82, 2.24) is 4.90 Å². The van der Waals surface area contributed by atoms with Crippen molar-refractivity contribution in [3.8, 4) is 0 Å². The minimum atomic E-state index is 1.14. The van der Waals surface area contributed by atoms with E-state index in [4.69, 9.17) is 0 Å². The van der Waals surface area contributed by atoms with E-state index < -0.39 is 0 Å². The van der Waals surface area contributed by atoms with Gasteiger partial charge < -0.3 is 4.90 Å². The SMILES string of the molecule is C=C1CN1CC. The highest BCUT2D eigenvalue weighted by molar-refractivity contribution is 5.11. The summed E-state index contributed by atoms with van der Waals surface area (Å²) in [5, 5.41) is 0. The van der Waals surface area contributed by atoms with Gasteiger partial charge in [-0.2, -0.15) is 0 Å². The van der Waals surface area contributed by atoms with Crippen LogP contribution in [0.25, 0.3) is 0 Å². The highest BCUT2D eigenvalue weighted by atomic mass is 15.3. The number of hydrogen-bond acceptors (Lipinski definition) is 1. The second-order valence-electron chi connectivity index (χ2n) is 1.58. The van der Waals surface area contributed by atoms with Crippen LogP contribution in [0.2, 0.25) is 0 Å². The molecule has 0 aliphatic carbocycles. The molecular formula is C5H9N. The molecule has 0 saturated carbocycles. The van der Waals surface area contributed by atoms with Gasteiger partial charge in [-0.1, -0.05) is 6.58 Å². The van der Waals surface area contributed by atoms with E-state index in [9.17, 15) is 0 Å². The van der Waals surface area contributed by atoms with Crippen LogP contribution in [0.1, 0.15) is 6.92 Å². The summed E-state index contributed by atoms with van der Waals surface area (Å²) in [4.78, 5) is 2.22. The van der Waals surface area contributed by atoms with Gasteiger partial charge in [-0.25, -0.2) is 0 Å². The van der Waals surface area contributed by atoms with Gasteiger partial charge in [0.1, 0.15) is 0 Å². The van der Waals surface area contributed by atoms with Crippen molar-refractivity contribution in [3.63, 3.8) is 0 Å². The Hall–Kier alpha value is -0.460. The van der Waals surface area contributed by atoms with E-state index in [-0.39, 0.29) is 0 Å². The van der Waals surface area contributed by atoms with Gasteiger partial charge in [0, 0.05) is 12.2 Å². The molecule has 0 atom stereocenters. The molecule has 0 amide bonds. The molecule has 1 nitrogen and oxygen atoms in total. The zero-order valence-corrected chi connectivity index (χ0v) is 4.07. The minimum Gasteiger partial charge on any atom is -0.368 e. The first-order valence-corrected chi connectivity index (χ1v) is 2.27. The summed E-state index contributed by atoms with van der Waals surface area (Å²) in [7, 11) is 0. The molecule has 1 aliphatic heterocycles. The molecule has 1 rings (SSSR count). The number of rotatable bonds is 1. The van der Waals surface area contributed by atoms with Crippen LogP contribution in [-0.4, -0.2) is 18.0 Å². The molecule has 1 heterocycles. The number of hydrogen-bond donors (Lipinski definition) is 0. The maximum atomic E-state index is 3.74. The molecular weight excluding hydrogens is 74.1 g/mol. The van der Waals surface area contributed by atoms with Gasteiger partial charge >= 0.3 is 0 Å². The first-order chi connectivity index (χ1) is 2.84. The maximum absolute atomic E-state index is 3.74. The third-order valence-corrected chi connectivity index (χ3v) is 1.10. The molecule has 1 heteroatoms. The van der Waals surface area contributed by atoms with Gasteiger partial charge in [0.2, 0.25) is 0 Å². The van der Waals surface area contributed by atoms with Crippen LogP contribution in [0.15, 0.2) is 12.3 Å². The molecule has 0 aromatic heterocycles.